The van der Waals surface area contributed by atoms with Crippen LogP contribution in [0, 0.1) is 34.9 Å². The number of nitrogens with two attached hydrogens (primary N) is 3. The molecule has 0 bridgehead atoms. The molecule has 6 rings (SSSR count). The van der Waals surface area contributed by atoms with Crippen LogP contribution in [0.15, 0.2) is 29.7 Å². The quantitative estimate of drug-likeness (QED) is 0.0687. The summed E-state index contributed by atoms with van der Waals surface area (Å²) in [6.07, 6.45) is 6.96. The minimum Gasteiger partial charge on any atom is -0.496 e. The Morgan fingerprint density at radius 1 is 0.727 bits per heavy atom. The fourth-order valence-electron chi connectivity index (χ4n) is 6.31. The predicted octanol–water partition coefficient (Wildman–Crippen LogP) is 2.76. The lowest BCUT2D eigenvalue weighted by Crippen LogP contribution is -2.42. The number of benzene rings is 2. The molecule has 2 fully saturated rings. The van der Waals surface area contributed by atoms with Gasteiger partial charge < -0.3 is 32.0 Å². The first-order chi connectivity index (χ1) is 30.8. The Bertz CT molecular complexity index is 2710. The standard InChI is InChI=1S/C18H20F3N5O4S.C14H12F3N3O3S.C6H14N2O2S/c1-30-12-7-11(19)14(20)15(21)13(12)16(27)10-8-23-18(25-17(10)22)24-9-3-5-26(6-4-9)31(2,28)29;1-3-24(22)14-19-5-6(13(18)20-14)12(21)9-8(23-2)4-7(15)10(16)11(9)17;1-11(9,10)8-4-2-6(7)3-5-8/h7-9H,3-6H2,1-2H3,(H3,22,23,24,25);4-5H,3H2,1-2H3,(H2,18,19,20);6H,2-5,7H2,1H3. The highest BCUT2D eigenvalue weighted by Crippen LogP contribution is 2.31. The maximum Gasteiger partial charge on any atom is 0.224 e. The summed E-state index contributed by atoms with van der Waals surface area (Å²) < 4.78 is 151. The zero-order chi connectivity index (χ0) is 49.4. The predicted molar refractivity (Wildman–Crippen MR) is 229 cm³/mol. The van der Waals surface area contributed by atoms with Crippen LogP contribution in [0.2, 0.25) is 0 Å². The number of nitrogens with zero attached hydrogens (tertiary/aromatic N) is 6. The van der Waals surface area contributed by atoms with E-state index in [1.165, 1.54) is 14.9 Å². The van der Waals surface area contributed by atoms with Crippen LogP contribution >= 0.6 is 0 Å². The molecular formula is C38H46F6N10O9S3. The number of ether oxygens (including phenoxy) is 2. The van der Waals surface area contributed by atoms with E-state index in [0.717, 1.165) is 45.7 Å². The van der Waals surface area contributed by atoms with Crippen LogP contribution in [-0.2, 0) is 30.8 Å². The molecular weight excluding hydrogens is 951 g/mol. The number of sulfonamides is 2. The van der Waals surface area contributed by atoms with Crippen molar-refractivity contribution in [2.24, 2.45) is 5.73 Å². The van der Waals surface area contributed by atoms with Crippen molar-refractivity contribution in [3.05, 3.63) is 81.7 Å². The highest BCUT2D eigenvalue weighted by atomic mass is 32.2. The fourth-order valence-corrected chi connectivity index (χ4v) is 8.69. The van der Waals surface area contributed by atoms with Gasteiger partial charge in [0, 0.05) is 68.5 Å². The summed E-state index contributed by atoms with van der Waals surface area (Å²) in [7, 11) is -5.60. The second-order valence-corrected chi connectivity index (χ2v) is 20.0. The van der Waals surface area contributed by atoms with Crippen molar-refractivity contribution in [2.75, 3.05) is 75.4 Å². The molecule has 4 heterocycles. The molecule has 7 N–H and O–H groups in total. The van der Waals surface area contributed by atoms with Gasteiger partial charge in [-0.1, -0.05) is 6.92 Å². The lowest BCUT2D eigenvalue weighted by Gasteiger charge is -2.30. The molecule has 0 spiro atoms. The highest BCUT2D eigenvalue weighted by Gasteiger charge is 2.30. The van der Waals surface area contributed by atoms with E-state index in [4.69, 9.17) is 26.7 Å². The Labute approximate surface area is 378 Å². The van der Waals surface area contributed by atoms with Gasteiger partial charge in [-0.25, -0.2) is 66.7 Å². The number of hydrogen-bond acceptors (Lipinski definition) is 17. The molecule has 66 heavy (non-hydrogen) atoms. The third-order valence-corrected chi connectivity index (χ3v) is 13.7. The van der Waals surface area contributed by atoms with Gasteiger partial charge in [-0.3, -0.25) is 13.8 Å². The number of halogens is 6. The number of methoxy groups -OCH3 is 2. The minimum absolute atomic E-state index is 0.0876. The monoisotopic (exact) mass is 996 g/mol. The van der Waals surface area contributed by atoms with E-state index in [-0.39, 0.29) is 51.7 Å². The van der Waals surface area contributed by atoms with Crippen molar-refractivity contribution in [2.45, 2.75) is 49.8 Å². The van der Waals surface area contributed by atoms with E-state index in [0.29, 0.717) is 51.2 Å². The maximum atomic E-state index is 14.2. The van der Waals surface area contributed by atoms with Gasteiger partial charge in [0.25, 0.3) is 0 Å². The fraction of sp³-hybridized carbons (Fsp3) is 0.421. The topological polar surface area (TPSA) is 286 Å². The lowest BCUT2D eigenvalue weighted by atomic mass is 10.0. The van der Waals surface area contributed by atoms with Crippen molar-refractivity contribution < 1.29 is 66.4 Å². The summed E-state index contributed by atoms with van der Waals surface area (Å²) in [5.41, 5.74) is 14.7. The highest BCUT2D eigenvalue weighted by molar-refractivity contribution is 7.88. The number of aromatic nitrogens is 4. The first-order valence-corrected chi connectivity index (χ1v) is 24.4. The zero-order valence-electron chi connectivity index (χ0n) is 35.9. The Kier molecular flexibility index (Phi) is 17.9. The van der Waals surface area contributed by atoms with E-state index in [2.05, 4.69) is 25.3 Å². The van der Waals surface area contributed by atoms with Crippen molar-refractivity contribution in [1.82, 2.24) is 28.5 Å². The summed E-state index contributed by atoms with van der Waals surface area (Å²) in [6, 6.07) is 1.17. The second-order valence-electron chi connectivity index (χ2n) is 14.4. The number of carbonyl (C=O) groups is 2. The van der Waals surface area contributed by atoms with Crippen LogP contribution in [0.1, 0.15) is 64.4 Å². The number of carbonyl (C=O) groups excluding carboxylic acids is 2. The summed E-state index contributed by atoms with van der Waals surface area (Å²) in [6.45, 7) is 3.46. The van der Waals surface area contributed by atoms with E-state index < -0.39 is 99.9 Å². The number of nitrogens with one attached hydrogen (secondary N) is 1. The maximum absolute atomic E-state index is 14.2. The molecule has 0 radical (unpaired) electrons. The van der Waals surface area contributed by atoms with E-state index in [9.17, 15) is 57.0 Å². The van der Waals surface area contributed by atoms with Gasteiger partial charge in [0.05, 0.1) is 48.7 Å². The average Bonchev–Trinajstić information content (AvgIpc) is 3.26. The average molecular weight is 997 g/mol. The third kappa shape index (κ3) is 12.9. The van der Waals surface area contributed by atoms with Crippen LogP contribution in [0.4, 0.5) is 43.9 Å². The van der Waals surface area contributed by atoms with Crippen molar-refractivity contribution in [3.63, 3.8) is 0 Å². The number of nitrogen functional groups attached to an aromatic ring is 2. The van der Waals surface area contributed by atoms with E-state index in [1.54, 1.807) is 6.92 Å². The Morgan fingerprint density at radius 3 is 1.52 bits per heavy atom. The van der Waals surface area contributed by atoms with Crippen LogP contribution in [0.3, 0.4) is 0 Å². The van der Waals surface area contributed by atoms with Gasteiger partial charge in [0.1, 0.15) is 34.3 Å². The lowest BCUT2D eigenvalue weighted by molar-refractivity contribution is 0.102. The first-order valence-electron chi connectivity index (χ1n) is 19.4. The second kappa shape index (κ2) is 22.3. The first kappa shape index (κ1) is 53.1. The molecule has 2 aliphatic heterocycles. The summed E-state index contributed by atoms with van der Waals surface area (Å²) in [5.74, 6) is -13.6. The van der Waals surface area contributed by atoms with Gasteiger partial charge in [0.2, 0.25) is 42.7 Å². The molecule has 2 aromatic heterocycles. The summed E-state index contributed by atoms with van der Waals surface area (Å²) >= 11 is 0. The molecule has 0 aliphatic carbocycles. The molecule has 1 atom stereocenters. The van der Waals surface area contributed by atoms with Crippen molar-refractivity contribution in [3.8, 4) is 11.5 Å². The third-order valence-electron chi connectivity index (χ3n) is 9.94. The largest absolute Gasteiger partial charge is 0.496 e. The number of anilines is 3. The normalized spacial score (nSPS) is 15.7. The SMILES string of the molecule is CCS(=O)c1ncc(C(=O)c2c(OC)cc(F)c(F)c2F)c(N)n1.COc1cc(F)c(F)c(F)c1C(=O)c1cnc(NC2CCN(S(C)(=O)=O)CC2)nc1N.CS(=O)(=O)N1CCC(N)CC1. The molecule has 1 unspecified atom stereocenters. The van der Waals surface area contributed by atoms with Crippen LogP contribution in [0.25, 0.3) is 0 Å². The molecule has 362 valence electrons. The number of rotatable bonds is 12. The van der Waals surface area contributed by atoms with Crippen molar-refractivity contribution >= 4 is 60.0 Å². The van der Waals surface area contributed by atoms with Gasteiger partial charge >= 0.3 is 0 Å². The van der Waals surface area contributed by atoms with Gasteiger partial charge in [-0.2, -0.15) is 4.98 Å². The smallest absolute Gasteiger partial charge is 0.224 e. The van der Waals surface area contributed by atoms with E-state index >= 15 is 0 Å². The molecule has 0 saturated carbocycles. The Hall–Kier alpha value is -5.55. The molecule has 0 amide bonds. The van der Waals surface area contributed by atoms with Gasteiger partial charge in [0.15, 0.2) is 34.9 Å². The molecule has 4 aromatic rings. The Morgan fingerprint density at radius 2 is 1.14 bits per heavy atom. The number of piperidine rings is 2. The molecule has 2 saturated heterocycles. The number of ketones is 2. The van der Waals surface area contributed by atoms with Crippen LogP contribution < -0.4 is 32.0 Å². The van der Waals surface area contributed by atoms with Crippen LogP contribution in [-0.4, -0.2) is 132 Å². The van der Waals surface area contributed by atoms with E-state index in [1.807, 2.05) is 0 Å². The Balaban J connectivity index is 0.000000240. The molecule has 19 nitrogen and oxygen atoms in total. The van der Waals surface area contributed by atoms with Crippen LogP contribution in [0.5, 0.6) is 11.5 Å². The summed E-state index contributed by atoms with van der Waals surface area (Å²) in [5, 5.41) is 2.91. The van der Waals surface area contributed by atoms with Gasteiger partial charge in [-0.05, 0) is 25.7 Å². The number of hydrogen-bond donors (Lipinski definition) is 4. The van der Waals surface area contributed by atoms with Gasteiger partial charge in [-0.15, -0.1) is 0 Å². The minimum atomic E-state index is -3.26. The molecule has 2 aromatic carbocycles. The molecule has 28 heteroatoms. The zero-order valence-corrected chi connectivity index (χ0v) is 38.4. The summed E-state index contributed by atoms with van der Waals surface area (Å²) in [4.78, 5) is 40.6. The van der Waals surface area contributed by atoms with Crippen molar-refractivity contribution in [1.29, 1.82) is 0 Å². The molecule has 2 aliphatic rings.